The molecule has 0 unspecified atom stereocenters. The van der Waals surface area contributed by atoms with Gasteiger partial charge in [-0.25, -0.2) is 0 Å². The number of rotatable bonds is 1. The van der Waals surface area contributed by atoms with Crippen LogP contribution in [0.25, 0.3) is 0 Å². The highest BCUT2D eigenvalue weighted by atomic mass is 79.9. The first kappa shape index (κ1) is 7.80. The number of Topliss-reactive ketones (excluding diaryl/α,β-unsaturated/α-hetero) is 1. The largest absolute Gasteiger partial charge is 0.357 e. The number of halogens is 1. The second kappa shape index (κ2) is 2.90. The van der Waals surface area contributed by atoms with Gasteiger partial charge in [-0.1, -0.05) is 22.0 Å². The maximum absolute atomic E-state index is 10.7. The number of carbonyl (C=O) groups excluding carboxylic acids is 1. The normalized spacial score (nSPS) is 16.1. The average Bonchev–Trinajstić information content (AvgIpc) is 1.99. The van der Waals surface area contributed by atoms with Crippen LogP contribution in [0.15, 0.2) is 28.7 Å². The van der Waals surface area contributed by atoms with Gasteiger partial charge < -0.3 is 4.90 Å². The lowest BCUT2D eigenvalue weighted by Crippen LogP contribution is -2.47. The summed E-state index contributed by atoms with van der Waals surface area (Å²) in [4.78, 5) is 12.8. The molecule has 62 valence electrons. The molecule has 1 aromatic rings. The molecule has 0 bridgehead atoms. The van der Waals surface area contributed by atoms with E-state index in [1.54, 1.807) is 0 Å². The lowest BCUT2D eigenvalue weighted by molar-refractivity contribution is -0.119. The number of carbonyl (C=O) groups is 1. The van der Waals surface area contributed by atoms with Crippen molar-refractivity contribution in [3.63, 3.8) is 0 Å². The van der Waals surface area contributed by atoms with Gasteiger partial charge in [0.1, 0.15) is 0 Å². The minimum Gasteiger partial charge on any atom is -0.357 e. The Morgan fingerprint density at radius 1 is 1.33 bits per heavy atom. The second-order valence-corrected chi connectivity index (χ2v) is 3.79. The molecule has 0 aliphatic carbocycles. The van der Waals surface area contributed by atoms with E-state index in [-0.39, 0.29) is 0 Å². The molecule has 3 heteroatoms. The third-order valence-electron chi connectivity index (χ3n) is 1.91. The zero-order valence-electron chi connectivity index (χ0n) is 6.46. The summed E-state index contributed by atoms with van der Waals surface area (Å²) in [5.74, 6) is 0.315. The van der Waals surface area contributed by atoms with E-state index in [0.717, 1.165) is 10.2 Å². The molecule has 1 fully saturated rings. The molecule has 1 saturated heterocycles. The van der Waals surface area contributed by atoms with Gasteiger partial charge >= 0.3 is 0 Å². The molecule has 1 aliphatic heterocycles. The Morgan fingerprint density at radius 3 is 2.67 bits per heavy atom. The molecule has 0 N–H and O–H groups in total. The molecule has 1 aromatic carbocycles. The summed E-state index contributed by atoms with van der Waals surface area (Å²) in [6.45, 7) is 1.13. The monoisotopic (exact) mass is 225 g/mol. The van der Waals surface area contributed by atoms with Crippen LogP contribution < -0.4 is 4.90 Å². The Morgan fingerprint density at radius 2 is 2.08 bits per heavy atom. The molecule has 0 radical (unpaired) electrons. The summed E-state index contributed by atoms with van der Waals surface area (Å²) in [5, 5.41) is 0. The van der Waals surface area contributed by atoms with Crippen molar-refractivity contribution in [3.05, 3.63) is 28.7 Å². The van der Waals surface area contributed by atoms with Crippen molar-refractivity contribution in [1.29, 1.82) is 0 Å². The molecule has 1 aliphatic rings. The predicted octanol–water partition coefficient (Wildman–Crippen LogP) is 1.84. The molecule has 0 saturated carbocycles. The summed E-state index contributed by atoms with van der Waals surface area (Å²) < 4.78 is 1.05. The lowest BCUT2D eigenvalue weighted by atomic mass is 10.1. The van der Waals surface area contributed by atoms with Crippen LogP contribution in [-0.4, -0.2) is 18.9 Å². The number of anilines is 1. The molecule has 2 nitrogen and oxygen atoms in total. The van der Waals surface area contributed by atoms with Crippen molar-refractivity contribution < 1.29 is 4.79 Å². The van der Waals surface area contributed by atoms with E-state index in [0.29, 0.717) is 18.9 Å². The van der Waals surface area contributed by atoms with Gasteiger partial charge in [-0.05, 0) is 18.2 Å². The number of nitrogens with zero attached hydrogens (tertiary/aromatic N) is 1. The second-order valence-electron chi connectivity index (χ2n) is 2.87. The van der Waals surface area contributed by atoms with E-state index in [2.05, 4.69) is 15.9 Å². The van der Waals surface area contributed by atoms with Gasteiger partial charge in [0.15, 0.2) is 5.78 Å². The summed E-state index contributed by atoms with van der Waals surface area (Å²) >= 11 is 3.39. The van der Waals surface area contributed by atoms with Gasteiger partial charge in [0, 0.05) is 10.2 Å². The van der Waals surface area contributed by atoms with E-state index in [1.807, 2.05) is 29.2 Å². The molecule has 0 atom stereocenters. The fourth-order valence-corrected chi connectivity index (χ4v) is 1.62. The first-order valence-electron chi connectivity index (χ1n) is 3.78. The van der Waals surface area contributed by atoms with Crippen LogP contribution in [0.2, 0.25) is 0 Å². The zero-order valence-corrected chi connectivity index (χ0v) is 8.04. The molecule has 12 heavy (non-hydrogen) atoms. The minimum atomic E-state index is 0.315. The standard InChI is InChI=1S/C9H8BrNO/c10-7-2-1-3-8(4-7)11-5-9(12)6-11/h1-4H,5-6H2. The van der Waals surface area contributed by atoms with Crippen molar-refractivity contribution in [2.75, 3.05) is 18.0 Å². The number of ketones is 1. The van der Waals surface area contributed by atoms with Gasteiger partial charge in [0.25, 0.3) is 0 Å². The van der Waals surface area contributed by atoms with Gasteiger partial charge in [0.2, 0.25) is 0 Å². The van der Waals surface area contributed by atoms with E-state index < -0.39 is 0 Å². The molecule has 0 aromatic heterocycles. The highest BCUT2D eigenvalue weighted by Gasteiger charge is 2.23. The van der Waals surface area contributed by atoms with Gasteiger partial charge in [0.05, 0.1) is 13.1 Å². The molecule has 2 rings (SSSR count). The Balaban J connectivity index is 2.18. The van der Waals surface area contributed by atoms with E-state index >= 15 is 0 Å². The summed E-state index contributed by atoms with van der Waals surface area (Å²) in [5.41, 5.74) is 1.11. The van der Waals surface area contributed by atoms with Crippen LogP contribution in [0.3, 0.4) is 0 Å². The first-order chi connectivity index (χ1) is 5.75. The maximum atomic E-state index is 10.7. The SMILES string of the molecule is O=C1CN(c2cccc(Br)c2)C1. The molecule has 1 heterocycles. The van der Waals surface area contributed by atoms with Crippen LogP contribution in [0, 0.1) is 0 Å². The number of hydrogen-bond acceptors (Lipinski definition) is 2. The maximum Gasteiger partial charge on any atom is 0.171 e. The number of hydrogen-bond donors (Lipinski definition) is 0. The van der Waals surface area contributed by atoms with Gasteiger partial charge in [-0.2, -0.15) is 0 Å². The highest BCUT2D eigenvalue weighted by Crippen LogP contribution is 2.22. The van der Waals surface area contributed by atoms with Gasteiger partial charge in [-0.15, -0.1) is 0 Å². The average molecular weight is 226 g/mol. The van der Waals surface area contributed by atoms with Crippen LogP contribution in [-0.2, 0) is 4.79 Å². The number of benzene rings is 1. The zero-order chi connectivity index (χ0) is 8.55. The van der Waals surface area contributed by atoms with Crippen molar-refractivity contribution >= 4 is 27.4 Å². The highest BCUT2D eigenvalue weighted by molar-refractivity contribution is 9.10. The third-order valence-corrected chi connectivity index (χ3v) is 2.40. The Labute approximate surface area is 79.3 Å². The predicted molar refractivity (Wildman–Crippen MR) is 51.4 cm³/mol. The molecular weight excluding hydrogens is 218 g/mol. The van der Waals surface area contributed by atoms with Crippen LogP contribution >= 0.6 is 15.9 Å². The first-order valence-corrected chi connectivity index (χ1v) is 4.57. The van der Waals surface area contributed by atoms with Crippen molar-refractivity contribution in [2.24, 2.45) is 0 Å². The fourth-order valence-electron chi connectivity index (χ4n) is 1.23. The molecule has 0 spiro atoms. The topological polar surface area (TPSA) is 20.3 Å². The Kier molecular flexibility index (Phi) is 1.89. The van der Waals surface area contributed by atoms with Crippen LogP contribution in [0.1, 0.15) is 0 Å². The summed E-state index contributed by atoms with van der Waals surface area (Å²) in [6, 6.07) is 7.98. The van der Waals surface area contributed by atoms with Crippen molar-refractivity contribution in [2.45, 2.75) is 0 Å². The van der Waals surface area contributed by atoms with Crippen molar-refractivity contribution in [1.82, 2.24) is 0 Å². The van der Waals surface area contributed by atoms with Gasteiger partial charge in [-0.3, -0.25) is 4.79 Å². The molecular formula is C9H8BrNO. The smallest absolute Gasteiger partial charge is 0.171 e. The van der Waals surface area contributed by atoms with E-state index in [9.17, 15) is 4.79 Å². The Hall–Kier alpha value is -0.830. The Bertz CT molecular complexity index is 316. The van der Waals surface area contributed by atoms with Crippen LogP contribution in [0.4, 0.5) is 5.69 Å². The van der Waals surface area contributed by atoms with Crippen LogP contribution in [0.5, 0.6) is 0 Å². The summed E-state index contributed by atoms with van der Waals surface area (Å²) in [7, 11) is 0. The third kappa shape index (κ3) is 1.37. The lowest BCUT2D eigenvalue weighted by Gasteiger charge is -2.31. The minimum absolute atomic E-state index is 0.315. The summed E-state index contributed by atoms with van der Waals surface area (Å²) in [6.07, 6.45) is 0. The molecule has 0 amide bonds. The van der Waals surface area contributed by atoms with E-state index in [4.69, 9.17) is 0 Å². The van der Waals surface area contributed by atoms with Crippen molar-refractivity contribution in [3.8, 4) is 0 Å². The fraction of sp³-hybridized carbons (Fsp3) is 0.222. The quantitative estimate of drug-likeness (QED) is 0.728. The van der Waals surface area contributed by atoms with E-state index in [1.165, 1.54) is 0 Å².